The van der Waals surface area contributed by atoms with Gasteiger partial charge in [-0.3, -0.25) is 14.5 Å². The Morgan fingerprint density at radius 3 is 2.38 bits per heavy atom. The highest BCUT2D eigenvalue weighted by molar-refractivity contribution is 6.08. The van der Waals surface area contributed by atoms with Crippen LogP contribution in [0.4, 0.5) is 5.69 Å². The number of anilines is 1. The minimum atomic E-state index is -0.940. The quantitative estimate of drug-likeness (QED) is 0.664. The van der Waals surface area contributed by atoms with E-state index in [1.807, 2.05) is 31.2 Å². The number of furan rings is 2. The number of nitrogens with zero attached hydrogens (tertiary/aromatic N) is 1. The maximum absolute atomic E-state index is 13.4. The first-order valence-corrected chi connectivity index (χ1v) is 9.91. The van der Waals surface area contributed by atoms with Crippen LogP contribution < -0.4 is 10.2 Å². The molecule has 0 aliphatic heterocycles. The highest BCUT2D eigenvalue weighted by atomic mass is 16.3. The Labute approximate surface area is 169 Å². The molecule has 3 aromatic rings. The van der Waals surface area contributed by atoms with Gasteiger partial charge in [0, 0.05) is 11.7 Å². The monoisotopic (exact) mass is 392 g/mol. The van der Waals surface area contributed by atoms with Crippen molar-refractivity contribution in [3.05, 3.63) is 78.1 Å². The number of amides is 2. The standard InChI is InChI=1S/C23H24N2O4/c1-16-8-2-5-11-18(16)25(23(27)20-13-7-15-29-20)21(19-12-6-14-28-19)22(26)24-17-9-3-4-10-17/h2,5-8,11-15,17,21H,3-4,9-10H2,1H3,(H,24,26). The normalized spacial score (nSPS) is 15.2. The van der Waals surface area contributed by atoms with Gasteiger partial charge in [0.15, 0.2) is 11.8 Å². The fourth-order valence-corrected chi connectivity index (χ4v) is 3.89. The Balaban J connectivity index is 1.78. The first-order valence-electron chi connectivity index (χ1n) is 9.91. The summed E-state index contributed by atoms with van der Waals surface area (Å²) >= 11 is 0. The summed E-state index contributed by atoms with van der Waals surface area (Å²) in [5.41, 5.74) is 1.51. The molecule has 0 bridgehead atoms. The number of hydrogen-bond acceptors (Lipinski definition) is 4. The molecule has 2 amide bonds. The van der Waals surface area contributed by atoms with E-state index in [-0.39, 0.29) is 17.7 Å². The van der Waals surface area contributed by atoms with Gasteiger partial charge in [0.2, 0.25) is 0 Å². The Hall–Kier alpha value is -3.28. The Kier molecular flexibility index (Phi) is 5.51. The van der Waals surface area contributed by atoms with Crippen LogP contribution in [0.2, 0.25) is 0 Å². The predicted octanol–water partition coefficient (Wildman–Crippen LogP) is 4.63. The maximum atomic E-state index is 13.4. The van der Waals surface area contributed by atoms with Gasteiger partial charge >= 0.3 is 0 Å². The van der Waals surface area contributed by atoms with Crippen molar-refractivity contribution in [2.75, 3.05) is 4.90 Å². The van der Waals surface area contributed by atoms with Gasteiger partial charge in [-0.05, 0) is 55.7 Å². The highest BCUT2D eigenvalue weighted by Gasteiger charge is 2.37. The van der Waals surface area contributed by atoms with Crippen molar-refractivity contribution in [1.29, 1.82) is 0 Å². The van der Waals surface area contributed by atoms with E-state index in [9.17, 15) is 9.59 Å². The molecule has 0 spiro atoms. The number of benzene rings is 1. The van der Waals surface area contributed by atoms with Crippen LogP contribution in [0.5, 0.6) is 0 Å². The zero-order valence-electron chi connectivity index (χ0n) is 16.3. The third-order valence-corrected chi connectivity index (χ3v) is 5.35. The smallest absolute Gasteiger partial charge is 0.295 e. The van der Waals surface area contributed by atoms with E-state index in [0.29, 0.717) is 11.4 Å². The van der Waals surface area contributed by atoms with Crippen molar-refractivity contribution in [3.63, 3.8) is 0 Å². The summed E-state index contributed by atoms with van der Waals surface area (Å²) in [6.07, 6.45) is 7.06. The van der Waals surface area contributed by atoms with E-state index in [1.54, 1.807) is 24.3 Å². The van der Waals surface area contributed by atoms with E-state index < -0.39 is 11.9 Å². The molecule has 0 radical (unpaired) electrons. The molecule has 2 heterocycles. The van der Waals surface area contributed by atoms with Crippen molar-refractivity contribution >= 4 is 17.5 Å². The van der Waals surface area contributed by atoms with Gasteiger partial charge in [0.1, 0.15) is 5.76 Å². The number of carbonyl (C=O) groups is 2. The first kappa shape index (κ1) is 19.1. The lowest BCUT2D eigenvalue weighted by atomic mass is 10.1. The lowest BCUT2D eigenvalue weighted by Gasteiger charge is -2.31. The second kappa shape index (κ2) is 8.39. The molecule has 4 rings (SSSR count). The third kappa shape index (κ3) is 3.97. The summed E-state index contributed by atoms with van der Waals surface area (Å²) in [7, 11) is 0. The van der Waals surface area contributed by atoms with Crippen LogP contribution in [0.15, 0.2) is 69.9 Å². The Morgan fingerprint density at radius 1 is 1.00 bits per heavy atom. The molecule has 6 heteroatoms. The van der Waals surface area contributed by atoms with Crippen LogP contribution in [0.1, 0.15) is 53.6 Å². The predicted molar refractivity (Wildman–Crippen MR) is 109 cm³/mol. The number of hydrogen-bond donors (Lipinski definition) is 1. The molecule has 1 saturated carbocycles. The van der Waals surface area contributed by atoms with Gasteiger partial charge in [0.05, 0.1) is 12.5 Å². The molecule has 2 aromatic heterocycles. The minimum absolute atomic E-state index is 0.123. The summed E-state index contributed by atoms with van der Waals surface area (Å²) < 4.78 is 11.0. The van der Waals surface area contributed by atoms with Gasteiger partial charge in [-0.15, -0.1) is 0 Å². The molecule has 6 nitrogen and oxygen atoms in total. The fraction of sp³-hybridized carbons (Fsp3) is 0.304. The zero-order valence-corrected chi connectivity index (χ0v) is 16.3. The Bertz CT molecular complexity index is 957. The van der Waals surface area contributed by atoms with Crippen LogP contribution in [0.3, 0.4) is 0 Å². The van der Waals surface area contributed by atoms with Gasteiger partial charge in [-0.25, -0.2) is 0 Å². The summed E-state index contributed by atoms with van der Waals surface area (Å²) in [4.78, 5) is 28.3. The van der Waals surface area contributed by atoms with Crippen LogP contribution in [-0.2, 0) is 4.79 Å². The van der Waals surface area contributed by atoms with Crippen LogP contribution in [0, 0.1) is 6.92 Å². The van der Waals surface area contributed by atoms with Crippen LogP contribution >= 0.6 is 0 Å². The second-order valence-electron chi connectivity index (χ2n) is 7.35. The van der Waals surface area contributed by atoms with Crippen molar-refractivity contribution in [1.82, 2.24) is 5.32 Å². The fourth-order valence-electron chi connectivity index (χ4n) is 3.89. The lowest BCUT2D eigenvalue weighted by molar-refractivity contribution is -0.123. The average Bonchev–Trinajstić information content (AvgIpc) is 3.49. The van der Waals surface area contributed by atoms with Gasteiger partial charge in [-0.2, -0.15) is 0 Å². The van der Waals surface area contributed by atoms with Gasteiger partial charge in [-0.1, -0.05) is 31.0 Å². The number of aryl methyl sites for hydroxylation is 1. The Morgan fingerprint density at radius 2 is 1.72 bits per heavy atom. The molecule has 1 unspecified atom stereocenters. The number of nitrogens with one attached hydrogen (secondary N) is 1. The molecule has 0 saturated heterocycles. The molecular weight excluding hydrogens is 368 g/mol. The molecular formula is C23H24N2O4. The van der Waals surface area contributed by atoms with Crippen molar-refractivity contribution in [2.45, 2.75) is 44.7 Å². The topological polar surface area (TPSA) is 75.7 Å². The molecule has 1 aromatic carbocycles. The van der Waals surface area contributed by atoms with Crippen molar-refractivity contribution in [3.8, 4) is 0 Å². The van der Waals surface area contributed by atoms with Crippen molar-refractivity contribution < 1.29 is 18.4 Å². The molecule has 150 valence electrons. The third-order valence-electron chi connectivity index (χ3n) is 5.35. The zero-order chi connectivity index (χ0) is 20.2. The van der Waals surface area contributed by atoms with E-state index in [1.165, 1.54) is 17.4 Å². The number of rotatable bonds is 6. The largest absolute Gasteiger partial charge is 0.467 e. The van der Waals surface area contributed by atoms with Crippen LogP contribution in [0.25, 0.3) is 0 Å². The molecule has 1 atom stereocenters. The average molecular weight is 392 g/mol. The van der Waals surface area contributed by atoms with E-state index in [0.717, 1.165) is 31.2 Å². The number of para-hydroxylation sites is 1. The molecule has 1 aliphatic rings. The summed E-state index contributed by atoms with van der Waals surface area (Å²) in [5, 5.41) is 3.11. The number of carbonyl (C=O) groups excluding carboxylic acids is 2. The van der Waals surface area contributed by atoms with Gasteiger partial charge in [0.25, 0.3) is 11.8 Å². The molecule has 29 heavy (non-hydrogen) atoms. The maximum Gasteiger partial charge on any atom is 0.295 e. The van der Waals surface area contributed by atoms with Gasteiger partial charge < -0.3 is 14.2 Å². The van der Waals surface area contributed by atoms with Crippen molar-refractivity contribution in [2.24, 2.45) is 0 Å². The lowest BCUT2D eigenvalue weighted by Crippen LogP contribution is -2.46. The summed E-state index contributed by atoms with van der Waals surface area (Å²) in [6, 6.07) is 13.4. The van der Waals surface area contributed by atoms with E-state index in [4.69, 9.17) is 8.83 Å². The van der Waals surface area contributed by atoms with E-state index >= 15 is 0 Å². The molecule has 1 aliphatic carbocycles. The first-order chi connectivity index (χ1) is 14.1. The second-order valence-corrected chi connectivity index (χ2v) is 7.35. The minimum Gasteiger partial charge on any atom is -0.467 e. The summed E-state index contributed by atoms with van der Waals surface area (Å²) in [6.45, 7) is 1.91. The highest BCUT2D eigenvalue weighted by Crippen LogP contribution is 2.33. The molecule has 1 N–H and O–H groups in total. The SMILES string of the molecule is Cc1ccccc1N(C(=O)c1ccco1)C(C(=O)NC1CCCC1)c1ccco1. The molecule has 1 fully saturated rings. The van der Waals surface area contributed by atoms with E-state index in [2.05, 4.69) is 5.32 Å². The van der Waals surface area contributed by atoms with Crippen LogP contribution in [-0.4, -0.2) is 17.9 Å². The summed E-state index contributed by atoms with van der Waals surface area (Å²) in [5.74, 6) is -0.0792.